The van der Waals surface area contributed by atoms with E-state index in [4.69, 9.17) is 5.73 Å². The zero-order valence-electron chi connectivity index (χ0n) is 22.1. The first kappa shape index (κ1) is 25.7. The largest absolute Gasteiger partial charge is 0.390 e. The number of nitrogen functional groups attached to an aromatic ring is 1. The number of benzene rings is 1. The van der Waals surface area contributed by atoms with Gasteiger partial charge in [-0.15, -0.1) is 0 Å². The van der Waals surface area contributed by atoms with Crippen molar-refractivity contribution in [2.24, 2.45) is 5.92 Å². The lowest BCUT2D eigenvalue weighted by molar-refractivity contribution is -0.0526. The Morgan fingerprint density at radius 3 is 2.45 bits per heavy atom. The second-order valence-corrected chi connectivity index (χ2v) is 12.6. The molecule has 2 atom stereocenters. The van der Waals surface area contributed by atoms with Crippen LogP contribution in [-0.2, 0) is 5.41 Å². The molecule has 1 amide bonds. The van der Waals surface area contributed by atoms with Gasteiger partial charge in [0.15, 0.2) is 0 Å². The molecule has 6 rings (SSSR count). The topological polar surface area (TPSA) is 91.5 Å². The highest BCUT2D eigenvalue weighted by Gasteiger charge is 2.61. The molecule has 1 aromatic carbocycles. The van der Waals surface area contributed by atoms with Gasteiger partial charge in [0, 0.05) is 55.2 Å². The minimum absolute atomic E-state index is 0.0128. The average Bonchev–Trinajstić information content (AvgIpc) is 3.46. The molecule has 1 aliphatic heterocycles. The molecule has 0 radical (unpaired) electrons. The van der Waals surface area contributed by atoms with Crippen LogP contribution in [0.4, 0.5) is 14.6 Å². The molecule has 2 aromatic rings. The van der Waals surface area contributed by atoms with E-state index in [9.17, 15) is 18.7 Å². The Balaban J connectivity index is 1.12. The number of amides is 1. The third-order valence-corrected chi connectivity index (χ3v) is 9.73. The van der Waals surface area contributed by atoms with E-state index in [-0.39, 0.29) is 42.1 Å². The van der Waals surface area contributed by atoms with Crippen molar-refractivity contribution in [3.05, 3.63) is 47.7 Å². The minimum atomic E-state index is -2.48. The fourth-order valence-corrected chi connectivity index (χ4v) is 7.09. The third-order valence-electron chi connectivity index (χ3n) is 9.73. The summed E-state index contributed by atoms with van der Waals surface area (Å²) in [5.74, 6) is -1.90. The van der Waals surface area contributed by atoms with E-state index in [1.165, 1.54) is 5.56 Å². The predicted molar refractivity (Wildman–Crippen MR) is 143 cm³/mol. The van der Waals surface area contributed by atoms with Crippen molar-refractivity contribution in [1.29, 1.82) is 0 Å². The summed E-state index contributed by atoms with van der Waals surface area (Å²) in [7, 11) is 0. The number of alkyl halides is 2. The monoisotopic (exact) mass is 524 g/mol. The zero-order chi connectivity index (χ0) is 26.7. The van der Waals surface area contributed by atoms with E-state index in [2.05, 4.69) is 39.5 Å². The summed E-state index contributed by atoms with van der Waals surface area (Å²) in [6.07, 6.45) is 6.87. The summed E-state index contributed by atoms with van der Waals surface area (Å²) < 4.78 is 27.3. The molecule has 0 unspecified atom stereocenters. The van der Waals surface area contributed by atoms with Crippen LogP contribution in [0.5, 0.6) is 0 Å². The van der Waals surface area contributed by atoms with Crippen molar-refractivity contribution in [2.45, 2.75) is 93.7 Å². The second-order valence-electron chi connectivity index (χ2n) is 12.6. The minimum Gasteiger partial charge on any atom is -0.390 e. The molecule has 204 valence electrons. The quantitative estimate of drug-likeness (QED) is 0.517. The number of halogens is 2. The van der Waals surface area contributed by atoms with E-state index < -0.39 is 11.5 Å². The van der Waals surface area contributed by atoms with Gasteiger partial charge in [-0.1, -0.05) is 24.3 Å². The zero-order valence-corrected chi connectivity index (χ0v) is 22.1. The lowest BCUT2D eigenvalue weighted by Gasteiger charge is -2.36. The maximum absolute atomic E-state index is 13.6. The van der Waals surface area contributed by atoms with Gasteiger partial charge in [0.25, 0.3) is 5.91 Å². The van der Waals surface area contributed by atoms with Crippen LogP contribution >= 0.6 is 0 Å². The molecule has 8 heteroatoms. The molecule has 3 saturated carbocycles. The molecular weight excluding hydrogens is 486 g/mol. The predicted octanol–water partition coefficient (Wildman–Crippen LogP) is 4.91. The number of nitrogens with zero attached hydrogens (tertiary/aromatic N) is 2. The van der Waals surface area contributed by atoms with Crippen LogP contribution in [0, 0.1) is 5.92 Å². The number of hydrogen-bond donors (Lipinski definition) is 3. The summed E-state index contributed by atoms with van der Waals surface area (Å²) in [6, 6.07) is 10.6. The SMILES string of the molecule is CC1(O)CCC(NC(=O)c2cc(-c3ccc([C@@]45C[C@@H]4CN(C4CCC(F)(F)CC4)C5)cc3)cnc2N)CC1. The van der Waals surface area contributed by atoms with Gasteiger partial charge in [0.2, 0.25) is 5.92 Å². The van der Waals surface area contributed by atoms with Crippen LogP contribution in [-0.4, -0.2) is 57.6 Å². The van der Waals surface area contributed by atoms with E-state index >= 15 is 0 Å². The Morgan fingerprint density at radius 1 is 1.08 bits per heavy atom. The number of rotatable bonds is 5. The lowest BCUT2D eigenvalue weighted by atomic mass is 9.83. The van der Waals surface area contributed by atoms with Crippen molar-refractivity contribution in [1.82, 2.24) is 15.2 Å². The van der Waals surface area contributed by atoms with Gasteiger partial charge in [-0.25, -0.2) is 13.8 Å². The standard InChI is InChI=1S/C30H38F2N4O2/c1-28(38)10-6-23(7-11-28)35-27(37)25-14-20(16-34-26(25)33)19-2-4-21(5-3-19)29-15-22(29)17-36(18-29)24-8-12-30(31,32)13-9-24/h2-5,14,16,22-24,38H,6-13,15,17-18H2,1H3,(H2,33,34)(H,35,37)/t22-,23?,28?,29+/m1/s1. The number of carbonyl (C=O) groups is 1. The number of nitrogens with two attached hydrogens (primary N) is 1. The molecule has 2 heterocycles. The average molecular weight is 525 g/mol. The van der Waals surface area contributed by atoms with Gasteiger partial charge < -0.3 is 16.2 Å². The first-order chi connectivity index (χ1) is 18.0. The summed E-state index contributed by atoms with van der Waals surface area (Å²) in [4.78, 5) is 19.8. The van der Waals surface area contributed by atoms with Gasteiger partial charge in [0.05, 0.1) is 11.2 Å². The Kier molecular flexibility index (Phi) is 6.26. The molecular formula is C30H38F2N4O2. The highest BCUT2D eigenvalue weighted by Crippen LogP contribution is 2.60. The van der Waals surface area contributed by atoms with Crippen molar-refractivity contribution in [3.63, 3.8) is 0 Å². The van der Waals surface area contributed by atoms with Crippen LogP contribution < -0.4 is 11.1 Å². The highest BCUT2D eigenvalue weighted by atomic mass is 19.3. The second kappa shape index (κ2) is 9.26. The van der Waals surface area contributed by atoms with Crippen molar-refractivity contribution in [3.8, 4) is 11.1 Å². The molecule has 1 saturated heterocycles. The number of aliphatic hydroxyl groups is 1. The van der Waals surface area contributed by atoms with Gasteiger partial charge in [0.1, 0.15) is 5.82 Å². The summed E-state index contributed by atoms with van der Waals surface area (Å²) in [6.45, 7) is 3.81. The van der Waals surface area contributed by atoms with Crippen molar-refractivity contribution >= 4 is 11.7 Å². The van der Waals surface area contributed by atoms with Gasteiger partial charge in [-0.3, -0.25) is 9.69 Å². The van der Waals surface area contributed by atoms with Crippen LogP contribution in [0.1, 0.15) is 80.6 Å². The maximum atomic E-state index is 13.6. The molecule has 1 aromatic heterocycles. The fraction of sp³-hybridized carbons (Fsp3) is 0.600. The number of nitrogens with one attached hydrogen (secondary N) is 1. The van der Waals surface area contributed by atoms with E-state index in [1.54, 1.807) is 12.3 Å². The number of carbonyl (C=O) groups excluding carboxylic acids is 1. The van der Waals surface area contributed by atoms with Gasteiger partial charge in [-0.05, 0) is 75.0 Å². The number of piperidine rings is 1. The molecule has 4 fully saturated rings. The van der Waals surface area contributed by atoms with Gasteiger partial charge in [-0.2, -0.15) is 0 Å². The molecule has 0 bridgehead atoms. The number of aromatic nitrogens is 1. The maximum Gasteiger partial charge on any atom is 0.255 e. The highest BCUT2D eigenvalue weighted by molar-refractivity contribution is 5.99. The molecule has 38 heavy (non-hydrogen) atoms. The van der Waals surface area contributed by atoms with Crippen LogP contribution in [0.15, 0.2) is 36.5 Å². The van der Waals surface area contributed by atoms with Crippen LogP contribution in [0.2, 0.25) is 0 Å². The van der Waals surface area contributed by atoms with Crippen molar-refractivity contribution in [2.75, 3.05) is 18.8 Å². The Labute approximate surface area is 223 Å². The summed E-state index contributed by atoms with van der Waals surface area (Å²) >= 11 is 0. The van der Waals surface area contributed by atoms with E-state index in [0.29, 0.717) is 37.2 Å². The molecule has 4 aliphatic rings. The first-order valence-corrected chi connectivity index (χ1v) is 14.1. The first-order valence-electron chi connectivity index (χ1n) is 14.1. The molecule has 0 spiro atoms. The number of pyridine rings is 1. The molecule has 3 aliphatic carbocycles. The number of fused-ring (bicyclic) bond motifs is 1. The van der Waals surface area contributed by atoms with E-state index in [1.807, 2.05) is 6.92 Å². The van der Waals surface area contributed by atoms with Gasteiger partial charge >= 0.3 is 0 Å². The summed E-state index contributed by atoms with van der Waals surface area (Å²) in [5, 5.41) is 13.2. The number of hydrogen-bond acceptors (Lipinski definition) is 5. The smallest absolute Gasteiger partial charge is 0.255 e. The number of likely N-dealkylation sites (tertiary alicyclic amines) is 1. The normalized spacial score (nSPS) is 33.1. The fourth-order valence-electron chi connectivity index (χ4n) is 7.09. The number of anilines is 1. The lowest BCUT2D eigenvalue weighted by Crippen LogP contribution is -2.42. The van der Waals surface area contributed by atoms with Crippen molar-refractivity contribution < 1.29 is 18.7 Å². The third kappa shape index (κ3) is 4.93. The van der Waals surface area contributed by atoms with Crippen LogP contribution in [0.25, 0.3) is 11.1 Å². The summed E-state index contributed by atoms with van der Waals surface area (Å²) in [5.41, 5.74) is 9.06. The molecule has 6 nitrogen and oxygen atoms in total. The Hall–Kier alpha value is -2.58. The Bertz CT molecular complexity index is 1200. The van der Waals surface area contributed by atoms with E-state index in [0.717, 1.165) is 43.5 Å². The van der Waals surface area contributed by atoms with Crippen LogP contribution in [0.3, 0.4) is 0 Å². The molecule has 4 N–H and O–H groups in total. The Morgan fingerprint density at radius 2 is 1.76 bits per heavy atom.